The number of hydrogen-bond donors (Lipinski definition) is 1. The zero-order valence-electron chi connectivity index (χ0n) is 15.6. The van der Waals surface area contributed by atoms with E-state index in [0.717, 1.165) is 11.0 Å². The van der Waals surface area contributed by atoms with Crippen LogP contribution in [0.5, 0.6) is 0 Å². The van der Waals surface area contributed by atoms with Gasteiger partial charge in [-0.25, -0.2) is 4.98 Å². The smallest absolute Gasteiger partial charge is 0.302 e. The first-order valence-electron chi connectivity index (χ1n) is 8.43. The molecule has 10 heteroatoms. The van der Waals surface area contributed by atoms with Crippen molar-refractivity contribution in [1.29, 1.82) is 0 Å². The number of para-hydroxylation sites is 2. The predicted octanol–water partition coefficient (Wildman–Crippen LogP) is 2.83. The highest BCUT2D eigenvalue weighted by Crippen LogP contribution is 2.41. The van der Waals surface area contributed by atoms with E-state index in [-0.39, 0.29) is 29.0 Å². The quantitative estimate of drug-likeness (QED) is 0.510. The number of aliphatic hydroxyl groups is 1. The number of nitro benzene ring substituents is 2. The molecular formula is C18H19N5O5. The van der Waals surface area contributed by atoms with E-state index >= 15 is 0 Å². The van der Waals surface area contributed by atoms with Crippen LogP contribution >= 0.6 is 0 Å². The summed E-state index contributed by atoms with van der Waals surface area (Å²) in [4.78, 5) is 27.9. The number of aryl methyl sites for hydroxylation is 1. The summed E-state index contributed by atoms with van der Waals surface area (Å²) in [7, 11) is 3.37. The number of nitrogens with zero attached hydrogens (tertiary/aromatic N) is 5. The zero-order valence-corrected chi connectivity index (χ0v) is 15.6. The van der Waals surface area contributed by atoms with Crippen molar-refractivity contribution in [3.8, 4) is 0 Å². The Morgan fingerprint density at radius 2 is 1.89 bits per heavy atom. The second-order valence-corrected chi connectivity index (χ2v) is 6.48. The van der Waals surface area contributed by atoms with Crippen LogP contribution in [-0.2, 0) is 20.2 Å². The Morgan fingerprint density at radius 3 is 2.46 bits per heavy atom. The average Bonchev–Trinajstić information content (AvgIpc) is 2.96. The summed E-state index contributed by atoms with van der Waals surface area (Å²) in [6.45, 7) is 1.08. The van der Waals surface area contributed by atoms with E-state index in [1.165, 1.54) is 17.9 Å². The maximum atomic E-state index is 11.7. The maximum absolute atomic E-state index is 11.7. The molecule has 2 aromatic carbocycles. The fourth-order valence-electron chi connectivity index (χ4n) is 3.32. The Kier molecular flexibility index (Phi) is 4.97. The summed E-state index contributed by atoms with van der Waals surface area (Å²) in [5.74, 6) is 0.608. The Hall–Kier alpha value is -3.53. The van der Waals surface area contributed by atoms with Gasteiger partial charge in [0.1, 0.15) is 5.82 Å². The fraction of sp³-hybridized carbons (Fsp3) is 0.278. The molecule has 0 amide bonds. The molecule has 3 rings (SSSR count). The Morgan fingerprint density at radius 1 is 1.21 bits per heavy atom. The first-order valence-corrected chi connectivity index (χ1v) is 8.43. The van der Waals surface area contributed by atoms with E-state index in [1.807, 2.05) is 35.9 Å². The number of benzene rings is 2. The summed E-state index contributed by atoms with van der Waals surface area (Å²) in [6, 6.07) is 8.67. The van der Waals surface area contributed by atoms with Crippen LogP contribution in [0.3, 0.4) is 0 Å². The average molecular weight is 385 g/mol. The predicted molar refractivity (Wildman–Crippen MR) is 103 cm³/mol. The number of hydrogen-bond acceptors (Lipinski definition) is 7. The van der Waals surface area contributed by atoms with Crippen LogP contribution in [0.2, 0.25) is 0 Å². The molecule has 0 unspecified atom stereocenters. The number of nitro groups is 2. The molecule has 146 valence electrons. The van der Waals surface area contributed by atoms with Crippen LogP contribution < -0.4 is 4.90 Å². The molecule has 28 heavy (non-hydrogen) atoms. The number of rotatable bonds is 6. The lowest BCUT2D eigenvalue weighted by atomic mass is 10.0. The lowest BCUT2D eigenvalue weighted by molar-refractivity contribution is -0.393. The van der Waals surface area contributed by atoms with Gasteiger partial charge in [-0.3, -0.25) is 20.2 Å². The van der Waals surface area contributed by atoms with E-state index in [9.17, 15) is 25.3 Å². The van der Waals surface area contributed by atoms with Gasteiger partial charge in [-0.05, 0) is 24.6 Å². The molecule has 0 saturated heterocycles. The van der Waals surface area contributed by atoms with Gasteiger partial charge >= 0.3 is 5.69 Å². The number of fused-ring (bicyclic) bond motifs is 1. The SMILES string of the molecule is Cc1c(CO)cc([N+](=O)[O-])c(N(C)Cc2nc3ccccc3n2C)c1[N+](=O)[O-]. The minimum atomic E-state index is -0.674. The molecule has 10 nitrogen and oxygen atoms in total. The number of aromatic nitrogens is 2. The highest BCUT2D eigenvalue weighted by Gasteiger charge is 2.33. The molecule has 0 bridgehead atoms. The third-order valence-corrected chi connectivity index (χ3v) is 4.80. The van der Waals surface area contributed by atoms with Crippen molar-refractivity contribution in [2.45, 2.75) is 20.1 Å². The first-order chi connectivity index (χ1) is 13.3. The van der Waals surface area contributed by atoms with Crippen LogP contribution in [0.15, 0.2) is 30.3 Å². The van der Waals surface area contributed by atoms with E-state index in [2.05, 4.69) is 4.98 Å². The second-order valence-electron chi connectivity index (χ2n) is 6.48. The lowest BCUT2D eigenvalue weighted by Crippen LogP contribution is -2.22. The van der Waals surface area contributed by atoms with Crippen LogP contribution in [0.4, 0.5) is 17.1 Å². The first kappa shape index (κ1) is 19.2. The van der Waals surface area contributed by atoms with Crippen molar-refractivity contribution in [2.75, 3.05) is 11.9 Å². The summed E-state index contributed by atoms with van der Waals surface area (Å²) in [5, 5.41) is 32.7. The minimum Gasteiger partial charge on any atom is -0.392 e. The maximum Gasteiger partial charge on any atom is 0.302 e. The highest BCUT2D eigenvalue weighted by atomic mass is 16.6. The topological polar surface area (TPSA) is 128 Å². The standard InChI is InChI=1S/C18H19N5O5/c1-11-12(10-24)8-15(22(25)26)18(17(11)23(27)28)20(2)9-16-19-13-6-4-5-7-14(13)21(16)3/h4-8,24H,9-10H2,1-3H3. The normalized spacial score (nSPS) is 11.0. The third-order valence-electron chi connectivity index (χ3n) is 4.80. The zero-order chi connectivity index (χ0) is 20.6. The van der Waals surface area contributed by atoms with Gasteiger partial charge in [-0.1, -0.05) is 12.1 Å². The van der Waals surface area contributed by atoms with Crippen molar-refractivity contribution >= 4 is 28.1 Å². The molecular weight excluding hydrogens is 366 g/mol. The minimum absolute atomic E-state index is 0.114. The largest absolute Gasteiger partial charge is 0.392 e. The van der Waals surface area contributed by atoms with Gasteiger partial charge in [0.25, 0.3) is 5.69 Å². The fourth-order valence-corrected chi connectivity index (χ4v) is 3.32. The summed E-state index contributed by atoms with van der Waals surface area (Å²) in [6.07, 6.45) is 0. The van der Waals surface area contributed by atoms with E-state index < -0.39 is 22.1 Å². The monoisotopic (exact) mass is 385 g/mol. The van der Waals surface area contributed by atoms with Gasteiger partial charge in [0.15, 0.2) is 5.69 Å². The summed E-state index contributed by atoms with van der Waals surface area (Å²) in [5.41, 5.74) is 1.08. The molecule has 1 heterocycles. The van der Waals surface area contributed by atoms with E-state index in [4.69, 9.17) is 0 Å². The van der Waals surface area contributed by atoms with Gasteiger partial charge in [0.2, 0.25) is 0 Å². The van der Waals surface area contributed by atoms with E-state index in [1.54, 1.807) is 7.05 Å². The van der Waals surface area contributed by atoms with Gasteiger partial charge in [-0.2, -0.15) is 0 Å². The van der Waals surface area contributed by atoms with Crippen molar-refractivity contribution in [3.05, 3.63) is 67.5 Å². The highest BCUT2D eigenvalue weighted by molar-refractivity contribution is 5.79. The molecule has 0 fully saturated rings. The Bertz CT molecular complexity index is 1090. The van der Waals surface area contributed by atoms with Crippen molar-refractivity contribution < 1.29 is 15.0 Å². The van der Waals surface area contributed by atoms with Gasteiger partial charge in [0.05, 0.1) is 34.0 Å². The van der Waals surface area contributed by atoms with E-state index in [0.29, 0.717) is 5.82 Å². The van der Waals surface area contributed by atoms with Gasteiger partial charge < -0.3 is 14.6 Å². The molecule has 0 radical (unpaired) electrons. The lowest BCUT2D eigenvalue weighted by Gasteiger charge is -2.20. The molecule has 0 saturated carbocycles. The number of imidazole rings is 1. The molecule has 0 aliphatic carbocycles. The molecule has 0 atom stereocenters. The van der Waals surface area contributed by atoms with Crippen molar-refractivity contribution in [2.24, 2.45) is 7.05 Å². The van der Waals surface area contributed by atoms with Crippen LogP contribution in [0.25, 0.3) is 11.0 Å². The van der Waals surface area contributed by atoms with Crippen LogP contribution in [0.1, 0.15) is 17.0 Å². The summed E-state index contributed by atoms with van der Waals surface area (Å²) < 4.78 is 1.85. The van der Waals surface area contributed by atoms with Crippen LogP contribution in [0, 0.1) is 27.2 Å². The van der Waals surface area contributed by atoms with Gasteiger partial charge in [-0.15, -0.1) is 0 Å². The van der Waals surface area contributed by atoms with Crippen molar-refractivity contribution in [1.82, 2.24) is 9.55 Å². The van der Waals surface area contributed by atoms with Crippen LogP contribution in [-0.4, -0.2) is 31.6 Å². The Labute approximate surface area is 159 Å². The molecule has 1 N–H and O–H groups in total. The summed E-state index contributed by atoms with van der Waals surface area (Å²) >= 11 is 0. The molecule has 3 aromatic rings. The number of aliphatic hydroxyl groups excluding tert-OH is 1. The third kappa shape index (κ3) is 3.14. The van der Waals surface area contributed by atoms with Crippen molar-refractivity contribution in [3.63, 3.8) is 0 Å². The Balaban J connectivity index is 2.15. The molecule has 0 aliphatic rings. The number of anilines is 1. The molecule has 0 aliphatic heterocycles. The molecule has 1 aromatic heterocycles. The van der Waals surface area contributed by atoms with Gasteiger partial charge in [0, 0.05) is 25.7 Å². The second kappa shape index (κ2) is 7.24. The molecule has 0 spiro atoms.